The van der Waals surface area contributed by atoms with Crippen LogP contribution in [0.25, 0.3) is 0 Å². The minimum absolute atomic E-state index is 0.178. The molecule has 0 aromatic carbocycles. The molecule has 1 aliphatic rings. The van der Waals surface area contributed by atoms with Gasteiger partial charge in [0.2, 0.25) is 0 Å². The molecule has 0 amide bonds. The molecule has 1 aromatic rings. The summed E-state index contributed by atoms with van der Waals surface area (Å²) in [7, 11) is 1.70. The van der Waals surface area contributed by atoms with Crippen LogP contribution in [0.15, 0.2) is 10.7 Å². The van der Waals surface area contributed by atoms with Gasteiger partial charge in [0.15, 0.2) is 0 Å². The van der Waals surface area contributed by atoms with E-state index in [-0.39, 0.29) is 5.60 Å². The fourth-order valence-electron chi connectivity index (χ4n) is 1.46. The maximum Gasteiger partial charge on any atom is 0.393 e. The Bertz CT molecular complexity index is 372. The lowest BCUT2D eigenvalue weighted by molar-refractivity contribution is 0.00291. The number of ether oxygens (including phenoxy) is 2. The third-order valence-electron chi connectivity index (χ3n) is 3.16. The average Bonchev–Trinajstić information content (AvgIpc) is 3.07. The fourth-order valence-corrected chi connectivity index (χ4v) is 1.46. The summed E-state index contributed by atoms with van der Waals surface area (Å²) in [5.74, 6) is 0. The molecule has 0 aliphatic heterocycles. The zero-order valence-corrected chi connectivity index (χ0v) is 11.4. The van der Waals surface area contributed by atoms with Crippen molar-refractivity contribution in [2.24, 2.45) is 0 Å². The molecule has 0 spiro atoms. The van der Waals surface area contributed by atoms with Crippen molar-refractivity contribution in [1.82, 2.24) is 10.3 Å². The lowest BCUT2D eigenvalue weighted by Crippen LogP contribution is -2.25. The summed E-state index contributed by atoms with van der Waals surface area (Å²) in [6.45, 7) is 5.34. The monoisotopic (exact) mass is 254 g/mol. The number of hydrogen-bond acceptors (Lipinski definition) is 5. The van der Waals surface area contributed by atoms with Crippen molar-refractivity contribution in [3.8, 4) is 6.08 Å². The predicted molar refractivity (Wildman–Crippen MR) is 67.6 cm³/mol. The lowest BCUT2D eigenvalue weighted by Gasteiger charge is -2.21. The lowest BCUT2D eigenvalue weighted by atomic mass is 10.1. The topological polar surface area (TPSA) is 56.5 Å². The quantitative estimate of drug-likeness (QED) is 0.770. The van der Waals surface area contributed by atoms with E-state index in [0.29, 0.717) is 18.7 Å². The van der Waals surface area contributed by atoms with Crippen molar-refractivity contribution < 1.29 is 13.9 Å². The van der Waals surface area contributed by atoms with E-state index < -0.39 is 0 Å². The molecule has 1 aliphatic carbocycles. The number of nitrogens with one attached hydrogen (secondary N) is 1. The van der Waals surface area contributed by atoms with Crippen LogP contribution in [0.1, 0.15) is 38.8 Å². The number of rotatable bonds is 8. The number of hydrogen-bond donors (Lipinski definition) is 1. The van der Waals surface area contributed by atoms with Gasteiger partial charge in [-0.3, -0.25) is 0 Å². The van der Waals surface area contributed by atoms with Crippen LogP contribution in [-0.4, -0.2) is 30.3 Å². The standard InChI is InChI=1S/C13H22N2O3/c1-13(2,16-3)6-7-17-12-15-11(9-18-12)8-14-10-4-5-10/h9-10,14H,4-8H2,1-3H3. The summed E-state index contributed by atoms with van der Waals surface area (Å²) < 4.78 is 16.0. The zero-order chi connectivity index (χ0) is 13.0. The Hall–Kier alpha value is -1.07. The first-order valence-electron chi connectivity index (χ1n) is 6.45. The zero-order valence-electron chi connectivity index (χ0n) is 11.4. The molecule has 2 rings (SSSR count). The molecule has 1 fully saturated rings. The molecule has 0 saturated heterocycles. The summed E-state index contributed by atoms with van der Waals surface area (Å²) in [5, 5.41) is 3.38. The highest BCUT2D eigenvalue weighted by atomic mass is 16.6. The van der Waals surface area contributed by atoms with Crippen LogP contribution in [-0.2, 0) is 11.3 Å². The van der Waals surface area contributed by atoms with Crippen LogP contribution in [0.4, 0.5) is 0 Å². The van der Waals surface area contributed by atoms with Crippen LogP contribution in [0.3, 0.4) is 0 Å². The Morgan fingerprint density at radius 1 is 1.50 bits per heavy atom. The van der Waals surface area contributed by atoms with Gasteiger partial charge in [0.1, 0.15) is 6.26 Å². The van der Waals surface area contributed by atoms with Gasteiger partial charge in [0.05, 0.1) is 17.9 Å². The number of nitrogens with zero attached hydrogens (tertiary/aromatic N) is 1. The second-order valence-corrected chi connectivity index (χ2v) is 5.32. The Morgan fingerprint density at radius 2 is 2.28 bits per heavy atom. The Kier molecular flexibility index (Phi) is 4.24. The van der Waals surface area contributed by atoms with Crippen molar-refractivity contribution in [1.29, 1.82) is 0 Å². The number of methoxy groups -OCH3 is 1. The summed E-state index contributed by atoms with van der Waals surface area (Å²) in [6, 6.07) is 0.675. The molecule has 5 heteroatoms. The van der Waals surface area contributed by atoms with Crippen molar-refractivity contribution >= 4 is 0 Å². The Morgan fingerprint density at radius 3 is 2.94 bits per heavy atom. The number of aromatic nitrogens is 1. The van der Waals surface area contributed by atoms with Crippen molar-refractivity contribution in [3.63, 3.8) is 0 Å². The third kappa shape index (κ3) is 4.31. The van der Waals surface area contributed by atoms with Gasteiger partial charge in [-0.25, -0.2) is 0 Å². The smallest absolute Gasteiger partial charge is 0.393 e. The molecule has 0 unspecified atom stereocenters. The van der Waals surface area contributed by atoms with Gasteiger partial charge >= 0.3 is 6.08 Å². The van der Waals surface area contributed by atoms with Gasteiger partial charge in [0.25, 0.3) is 0 Å². The second-order valence-electron chi connectivity index (χ2n) is 5.32. The van der Waals surface area contributed by atoms with E-state index in [4.69, 9.17) is 13.9 Å². The molecule has 102 valence electrons. The third-order valence-corrected chi connectivity index (χ3v) is 3.16. The SMILES string of the molecule is COC(C)(C)CCOc1nc(CNC2CC2)co1. The van der Waals surface area contributed by atoms with E-state index in [1.165, 1.54) is 12.8 Å². The summed E-state index contributed by atoms with van der Waals surface area (Å²) >= 11 is 0. The van der Waals surface area contributed by atoms with Crippen LogP contribution in [0.5, 0.6) is 6.08 Å². The highest BCUT2D eigenvalue weighted by Crippen LogP contribution is 2.20. The minimum atomic E-state index is -0.178. The Labute approximate surface area is 108 Å². The molecule has 0 radical (unpaired) electrons. The summed E-state index contributed by atoms with van der Waals surface area (Å²) in [5.41, 5.74) is 0.714. The molecule has 0 atom stereocenters. The summed E-state index contributed by atoms with van der Waals surface area (Å²) in [4.78, 5) is 4.26. The van der Waals surface area contributed by atoms with Crippen molar-refractivity contribution in [2.75, 3.05) is 13.7 Å². The van der Waals surface area contributed by atoms with Crippen molar-refractivity contribution in [2.45, 2.75) is 51.3 Å². The molecule has 1 N–H and O–H groups in total. The average molecular weight is 254 g/mol. The van der Waals surface area contributed by atoms with E-state index in [1.807, 2.05) is 13.8 Å². The Balaban J connectivity index is 1.69. The maximum absolute atomic E-state index is 5.46. The van der Waals surface area contributed by atoms with Gasteiger partial charge in [-0.05, 0) is 26.7 Å². The minimum Gasteiger partial charge on any atom is -0.450 e. The highest BCUT2D eigenvalue weighted by molar-refractivity contribution is 5.00. The maximum atomic E-state index is 5.46. The van der Waals surface area contributed by atoms with Gasteiger partial charge < -0.3 is 19.2 Å². The van der Waals surface area contributed by atoms with Crippen LogP contribution in [0, 0.1) is 0 Å². The first-order valence-corrected chi connectivity index (χ1v) is 6.45. The molecule has 0 bridgehead atoms. The molecule has 1 heterocycles. The van der Waals surface area contributed by atoms with Gasteiger partial charge in [0, 0.05) is 26.1 Å². The largest absolute Gasteiger partial charge is 0.450 e. The molecular formula is C13H22N2O3. The van der Waals surface area contributed by atoms with Crippen LogP contribution < -0.4 is 10.1 Å². The molecule has 5 nitrogen and oxygen atoms in total. The summed E-state index contributed by atoms with van der Waals surface area (Å²) in [6.07, 6.45) is 5.32. The molecule has 1 aromatic heterocycles. The molecule has 18 heavy (non-hydrogen) atoms. The van der Waals surface area contributed by atoms with E-state index in [2.05, 4.69) is 10.3 Å². The van der Waals surface area contributed by atoms with E-state index in [1.54, 1.807) is 13.4 Å². The molecular weight excluding hydrogens is 232 g/mol. The molecule has 1 saturated carbocycles. The highest BCUT2D eigenvalue weighted by Gasteiger charge is 2.21. The van der Waals surface area contributed by atoms with Crippen molar-refractivity contribution in [3.05, 3.63) is 12.0 Å². The normalized spacial score (nSPS) is 15.9. The van der Waals surface area contributed by atoms with E-state index in [9.17, 15) is 0 Å². The van der Waals surface area contributed by atoms with E-state index >= 15 is 0 Å². The van der Waals surface area contributed by atoms with Gasteiger partial charge in [-0.15, -0.1) is 0 Å². The van der Waals surface area contributed by atoms with Crippen LogP contribution >= 0.6 is 0 Å². The van der Waals surface area contributed by atoms with Gasteiger partial charge in [-0.1, -0.05) is 0 Å². The predicted octanol–water partition coefficient (Wildman–Crippen LogP) is 2.12. The first-order chi connectivity index (χ1) is 8.59. The van der Waals surface area contributed by atoms with Gasteiger partial charge in [-0.2, -0.15) is 4.98 Å². The van der Waals surface area contributed by atoms with E-state index in [0.717, 1.165) is 18.7 Å². The second kappa shape index (κ2) is 5.71. The van der Waals surface area contributed by atoms with Crippen LogP contribution in [0.2, 0.25) is 0 Å². The number of oxazole rings is 1. The fraction of sp³-hybridized carbons (Fsp3) is 0.769. The first kappa shape index (κ1) is 13.4.